The van der Waals surface area contributed by atoms with E-state index in [0.717, 1.165) is 22.7 Å². The molecule has 0 heterocycles. The van der Waals surface area contributed by atoms with E-state index in [4.69, 9.17) is 23.2 Å². The molecule has 0 aliphatic rings. The van der Waals surface area contributed by atoms with Gasteiger partial charge in [-0.1, -0.05) is 29.3 Å². The van der Waals surface area contributed by atoms with E-state index in [1.165, 1.54) is 37.1 Å². The molecule has 7 nitrogen and oxygen atoms in total. The maximum atomic E-state index is 13.3. The third kappa shape index (κ3) is 6.56. The van der Waals surface area contributed by atoms with Crippen LogP contribution in [0.25, 0.3) is 0 Å². The summed E-state index contributed by atoms with van der Waals surface area (Å²) < 4.78 is 38.8. The Balaban J connectivity index is 2.40. The van der Waals surface area contributed by atoms with Gasteiger partial charge in [0, 0.05) is 23.6 Å². The number of nitrogens with zero attached hydrogens (tertiary/aromatic N) is 2. The van der Waals surface area contributed by atoms with Crippen molar-refractivity contribution in [2.45, 2.75) is 19.5 Å². The van der Waals surface area contributed by atoms with Crippen LogP contribution in [0.15, 0.2) is 42.5 Å². The van der Waals surface area contributed by atoms with Gasteiger partial charge in [0.2, 0.25) is 21.8 Å². The van der Waals surface area contributed by atoms with E-state index in [0.29, 0.717) is 15.6 Å². The lowest BCUT2D eigenvalue weighted by atomic mass is 10.1. The Morgan fingerprint density at radius 2 is 1.74 bits per heavy atom. The van der Waals surface area contributed by atoms with Gasteiger partial charge in [-0.2, -0.15) is 0 Å². The number of amides is 2. The molecule has 31 heavy (non-hydrogen) atoms. The normalized spacial score (nSPS) is 12.2. The second-order valence-corrected chi connectivity index (χ2v) is 9.54. The predicted octanol–water partition coefficient (Wildman–Crippen LogP) is 3.06. The smallest absolute Gasteiger partial charge is 0.244 e. The van der Waals surface area contributed by atoms with Crippen molar-refractivity contribution in [3.05, 3.63) is 63.9 Å². The van der Waals surface area contributed by atoms with E-state index < -0.39 is 40.2 Å². The summed E-state index contributed by atoms with van der Waals surface area (Å²) in [6.45, 7) is 0.880. The minimum absolute atomic E-state index is 0.0511. The van der Waals surface area contributed by atoms with E-state index >= 15 is 0 Å². The van der Waals surface area contributed by atoms with Crippen LogP contribution in [0.2, 0.25) is 10.0 Å². The summed E-state index contributed by atoms with van der Waals surface area (Å²) >= 11 is 12.1. The maximum Gasteiger partial charge on any atom is 0.244 e. The molecule has 1 atom stereocenters. The van der Waals surface area contributed by atoms with E-state index in [1.54, 1.807) is 12.1 Å². The summed E-state index contributed by atoms with van der Waals surface area (Å²) in [6, 6.07) is 8.50. The molecule has 11 heteroatoms. The molecule has 0 aromatic heterocycles. The van der Waals surface area contributed by atoms with Crippen LogP contribution in [0.4, 0.5) is 10.1 Å². The van der Waals surface area contributed by atoms with Gasteiger partial charge in [0.05, 0.1) is 11.9 Å². The van der Waals surface area contributed by atoms with Crippen LogP contribution in [0.1, 0.15) is 12.5 Å². The molecule has 0 aliphatic heterocycles. The van der Waals surface area contributed by atoms with Crippen LogP contribution in [-0.2, 0) is 26.2 Å². The van der Waals surface area contributed by atoms with Gasteiger partial charge in [-0.15, -0.1) is 0 Å². The molecule has 1 N–H and O–H groups in total. The number of sulfonamides is 1. The zero-order chi connectivity index (χ0) is 23.3. The SMILES string of the molecule is CNC(=O)[C@@H](C)N(Cc1ccc(Cl)cc1Cl)C(=O)CN(c1ccc(F)cc1)S(C)(=O)=O. The number of carbonyl (C=O) groups excluding carboxylic acids is 2. The molecular weight excluding hydrogens is 468 g/mol. The lowest BCUT2D eigenvalue weighted by molar-refractivity contribution is -0.139. The van der Waals surface area contributed by atoms with Crippen LogP contribution in [0.5, 0.6) is 0 Å². The average molecular weight is 490 g/mol. The zero-order valence-corrected chi connectivity index (χ0v) is 19.4. The second-order valence-electron chi connectivity index (χ2n) is 6.79. The summed E-state index contributed by atoms with van der Waals surface area (Å²) in [5.74, 6) is -1.63. The van der Waals surface area contributed by atoms with Gasteiger partial charge in [0.1, 0.15) is 18.4 Å². The van der Waals surface area contributed by atoms with Crippen molar-refractivity contribution in [2.75, 3.05) is 24.2 Å². The molecule has 2 aromatic carbocycles. The number of benzene rings is 2. The van der Waals surface area contributed by atoms with Gasteiger partial charge >= 0.3 is 0 Å². The van der Waals surface area contributed by atoms with Crippen molar-refractivity contribution in [3.63, 3.8) is 0 Å². The first-order chi connectivity index (χ1) is 14.4. The Labute approximate surface area is 190 Å². The van der Waals surface area contributed by atoms with Crippen LogP contribution >= 0.6 is 23.2 Å². The molecule has 2 rings (SSSR count). The molecule has 0 saturated heterocycles. The van der Waals surface area contributed by atoms with E-state index in [-0.39, 0.29) is 12.2 Å². The molecule has 0 unspecified atom stereocenters. The zero-order valence-electron chi connectivity index (χ0n) is 17.1. The molecule has 2 amide bonds. The fourth-order valence-electron chi connectivity index (χ4n) is 2.85. The first kappa shape index (κ1) is 24.9. The van der Waals surface area contributed by atoms with Crippen molar-refractivity contribution in [3.8, 4) is 0 Å². The number of hydrogen-bond acceptors (Lipinski definition) is 4. The van der Waals surface area contributed by atoms with E-state index in [2.05, 4.69) is 5.32 Å². The summed E-state index contributed by atoms with van der Waals surface area (Å²) in [7, 11) is -2.45. The van der Waals surface area contributed by atoms with Crippen molar-refractivity contribution >= 4 is 50.7 Å². The highest BCUT2D eigenvalue weighted by atomic mass is 35.5. The Morgan fingerprint density at radius 3 is 2.26 bits per heavy atom. The molecule has 0 spiro atoms. The molecule has 0 bridgehead atoms. The van der Waals surface area contributed by atoms with Gasteiger partial charge < -0.3 is 10.2 Å². The minimum atomic E-state index is -3.88. The Bertz CT molecular complexity index is 1060. The van der Waals surface area contributed by atoms with Gasteiger partial charge in [0.25, 0.3) is 0 Å². The van der Waals surface area contributed by atoms with Crippen LogP contribution in [0.3, 0.4) is 0 Å². The molecular formula is C20H22Cl2FN3O4S. The Kier molecular flexibility index (Phi) is 8.27. The molecule has 0 radical (unpaired) electrons. The van der Waals surface area contributed by atoms with E-state index in [1.807, 2.05) is 0 Å². The van der Waals surface area contributed by atoms with Crippen LogP contribution in [0, 0.1) is 5.82 Å². The summed E-state index contributed by atoms with van der Waals surface area (Å²) in [4.78, 5) is 26.6. The average Bonchev–Trinajstić information content (AvgIpc) is 2.70. The fraction of sp³-hybridized carbons (Fsp3) is 0.300. The molecule has 0 aliphatic carbocycles. The number of hydrogen-bond donors (Lipinski definition) is 1. The standard InChI is InChI=1S/C20H22Cl2FN3O4S/c1-13(20(28)24-2)25(11-14-4-5-15(21)10-18(14)22)19(27)12-26(31(3,29)30)17-8-6-16(23)7-9-17/h4-10,13H,11-12H2,1-3H3,(H,24,28)/t13-/m1/s1. The third-order valence-corrected chi connectivity index (χ3v) is 6.29. The van der Waals surface area contributed by atoms with Crippen LogP contribution in [-0.4, -0.2) is 51.0 Å². The maximum absolute atomic E-state index is 13.3. The predicted molar refractivity (Wildman–Crippen MR) is 119 cm³/mol. The first-order valence-electron chi connectivity index (χ1n) is 9.12. The molecule has 2 aromatic rings. The van der Waals surface area contributed by atoms with Gasteiger partial charge in [-0.3, -0.25) is 13.9 Å². The lowest BCUT2D eigenvalue weighted by Gasteiger charge is -2.31. The number of anilines is 1. The van der Waals surface area contributed by atoms with Crippen molar-refractivity contribution in [1.82, 2.24) is 10.2 Å². The number of likely N-dealkylation sites (N-methyl/N-ethyl adjacent to an activating group) is 1. The molecule has 0 fully saturated rings. The fourth-order valence-corrected chi connectivity index (χ4v) is 4.16. The number of halogens is 3. The summed E-state index contributed by atoms with van der Waals surface area (Å²) in [5, 5.41) is 3.18. The highest BCUT2D eigenvalue weighted by molar-refractivity contribution is 7.92. The highest BCUT2D eigenvalue weighted by Crippen LogP contribution is 2.24. The van der Waals surface area contributed by atoms with Gasteiger partial charge in [-0.25, -0.2) is 12.8 Å². The highest BCUT2D eigenvalue weighted by Gasteiger charge is 2.30. The quantitative estimate of drug-likeness (QED) is 0.617. The molecule has 168 valence electrons. The van der Waals surface area contributed by atoms with Crippen molar-refractivity contribution in [1.29, 1.82) is 0 Å². The van der Waals surface area contributed by atoms with E-state index in [9.17, 15) is 22.4 Å². The Hall–Kier alpha value is -2.36. The van der Waals surface area contributed by atoms with Gasteiger partial charge in [-0.05, 0) is 48.9 Å². The van der Waals surface area contributed by atoms with Crippen molar-refractivity contribution in [2.24, 2.45) is 0 Å². The summed E-state index contributed by atoms with van der Waals surface area (Å²) in [6.07, 6.45) is 0.937. The number of nitrogens with one attached hydrogen (secondary N) is 1. The van der Waals surface area contributed by atoms with Crippen LogP contribution < -0.4 is 9.62 Å². The largest absolute Gasteiger partial charge is 0.357 e. The van der Waals surface area contributed by atoms with Crippen molar-refractivity contribution < 1.29 is 22.4 Å². The topological polar surface area (TPSA) is 86.8 Å². The first-order valence-corrected chi connectivity index (χ1v) is 11.7. The Morgan fingerprint density at radius 1 is 1.13 bits per heavy atom. The lowest BCUT2D eigenvalue weighted by Crippen LogP contribution is -2.50. The third-order valence-electron chi connectivity index (χ3n) is 4.56. The molecule has 0 saturated carbocycles. The number of carbonyl (C=O) groups is 2. The monoisotopic (exact) mass is 489 g/mol. The minimum Gasteiger partial charge on any atom is -0.357 e. The second kappa shape index (κ2) is 10.3. The number of rotatable bonds is 8. The van der Waals surface area contributed by atoms with Gasteiger partial charge in [0.15, 0.2) is 0 Å². The summed E-state index contributed by atoms with van der Waals surface area (Å²) in [5.41, 5.74) is 0.650.